The van der Waals surface area contributed by atoms with Gasteiger partial charge in [0.15, 0.2) is 0 Å². The molecule has 2 aromatic carbocycles. The number of nitrogens with one attached hydrogen (secondary N) is 2. The van der Waals surface area contributed by atoms with Crippen LogP contribution in [0.2, 0.25) is 0 Å². The minimum absolute atomic E-state index is 0.00272. The van der Waals surface area contributed by atoms with Crippen molar-refractivity contribution in [2.45, 2.75) is 51.6 Å². The number of methoxy groups -OCH3 is 1. The van der Waals surface area contributed by atoms with Crippen molar-refractivity contribution in [3.8, 4) is 5.75 Å². The maximum absolute atomic E-state index is 13.3. The summed E-state index contributed by atoms with van der Waals surface area (Å²) in [5.74, 6) is 1.87. The fourth-order valence-electron chi connectivity index (χ4n) is 5.33. The molecular formula is C30H35N7O3. The lowest BCUT2D eigenvalue weighted by molar-refractivity contribution is -0.128. The minimum Gasteiger partial charge on any atom is -0.497 e. The number of rotatable bonds is 9. The number of amides is 2. The molecule has 2 amide bonds. The smallest absolute Gasteiger partial charge is 0.254 e. The Morgan fingerprint density at radius 3 is 2.55 bits per heavy atom. The van der Waals surface area contributed by atoms with Gasteiger partial charge in [-0.2, -0.15) is 14.6 Å². The molecule has 2 N–H and O–H groups in total. The summed E-state index contributed by atoms with van der Waals surface area (Å²) in [6.07, 6.45) is 4.18. The Hall–Kier alpha value is -4.47. The van der Waals surface area contributed by atoms with Crippen LogP contribution in [0, 0.1) is 6.92 Å². The van der Waals surface area contributed by atoms with Gasteiger partial charge in [0, 0.05) is 50.2 Å². The van der Waals surface area contributed by atoms with E-state index in [2.05, 4.69) is 37.7 Å². The van der Waals surface area contributed by atoms with Crippen molar-refractivity contribution in [1.82, 2.24) is 30.2 Å². The molecule has 10 heteroatoms. The largest absolute Gasteiger partial charge is 0.497 e. The second kappa shape index (κ2) is 12.1. The summed E-state index contributed by atoms with van der Waals surface area (Å²) in [7, 11) is 1.61. The molecule has 3 heterocycles. The lowest BCUT2D eigenvalue weighted by Crippen LogP contribution is -2.52. The van der Waals surface area contributed by atoms with Gasteiger partial charge in [0.2, 0.25) is 11.8 Å². The number of nitrogens with zero attached hydrogens (tertiary/aromatic N) is 5. The summed E-state index contributed by atoms with van der Waals surface area (Å²) in [6.45, 7) is 4.94. The lowest BCUT2D eigenvalue weighted by atomic mass is 10.00. The molecule has 0 radical (unpaired) electrons. The molecule has 4 aromatic rings. The Labute approximate surface area is 233 Å². The maximum Gasteiger partial charge on any atom is 0.254 e. The first-order valence-electron chi connectivity index (χ1n) is 13.6. The number of aromatic nitrogens is 4. The van der Waals surface area contributed by atoms with Crippen LogP contribution in [0.25, 0.3) is 5.78 Å². The predicted octanol–water partition coefficient (Wildman–Crippen LogP) is 2.86. The summed E-state index contributed by atoms with van der Waals surface area (Å²) in [5.41, 5.74) is 4.18. The van der Waals surface area contributed by atoms with E-state index in [1.165, 1.54) is 18.8 Å². The van der Waals surface area contributed by atoms with Gasteiger partial charge in [-0.15, -0.1) is 0 Å². The third kappa shape index (κ3) is 6.22. The summed E-state index contributed by atoms with van der Waals surface area (Å²) >= 11 is 0. The molecule has 1 aliphatic heterocycles. The van der Waals surface area contributed by atoms with Crippen molar-refractivity contribution in [2.24, 2.45) is 0 Å². The fourth-order valence-corrected chi connectivity index (χ4v) is 5.33. The number of carbonyl (C=O) groups is 2. The third-order valence-electron chi connectivity index (χ3n) is 7.34. The van der Waals surface area contributed by atoms with Crippen LogP contribution in [0.1, 0.15) is 42.1 Å². The van der Waals surface area contributed by atoms with Crippen molar-refractivity contribution in [2.75, 3.05) is 25.1 Å². The summed E-state index contributed by atoms with van der Waals surface area (Å²) in [4.78, 5) is 36.5. The van der Waals surface area contributed by atoms with Crippen molar-refractivity contribution in [3.05, 3.63) is 83.3 Å². The highest BCUT2D eigenvalue weighted by molar-refractivity contribution is 5.87. The molecule has 40 heavy (non-hydrogen) atoms. The first-order chi connectivity index (χ1) is 19.4. The summed E-state index contributed by atoms with van der Waals surface area (Å²) in [6, 6.07) is 17.2. The zero-order valence-corrected chi connectivity index (χ0v) is 23.1. The predicted molar refractivity (Wildman–Crippen MR) is 152 cm³/mol. The van der Waals surface area contributed by atoms with Crippen molar-refractivity contribution in [3.63, 3.8) is 0 Å². The van der Waals surface area contributed by atoms with Gasteiger partial charge in [-0.05, 0) is 43.0 Å². The highest BCUT2D eigenvalue weighted by atomic mass is 16.5. The van der Waals surface area contributed by atoms with Gasteiger partial charge < -0.3 is 20.3 Å². The SMILES string of the molecule is COc1cccc(C[C@@H](NC(C)=O)C(=O)NC2CCN(c3c(Cc4ccccc4)c(C)nc4ncnn34)CC2)c1. The second-order valence-corrected chi connectivity index (χ2v) is 10.2. The monoisotopic (exact) mass is 541 g/mol. The number of aryl methyl sites for hydroxylation is 1. The van der Waals surface area contributed by atoms with E-state index in [9.17, 15) is 9.59 Å². The van der Waals surface area contributed by atoms with Crippen molar-refractivity contribution in [1.29, 1.82) is 0 Å². The number of fused-ring (bicyclic) bond motifs is 1. The Kier molecular flexibility index (Phi) is 8.23. The first kappa shape index (κ1) is 27.1. The number of anilines is 1. The van der Waals surface area contributed by atoms with Gasteiger partial charge >= 0.3 is 0 Å². The van der Waals surface area contributed by atoms with Gasteiger partial charge in [-0.3, -0.25) is 9.59 Å². The molecule has 208 valence electrons. The third-order valence-corrected chi connectivity index (χ3v) is 7.34. The van der Waals surface area contributed by atoms with Crippen LogP contribution in [0.4, 0.5) is 5.82 Å². The molecule has 1 fully saturated rings. The molecule has 0 bridgehead atoms. The Balaban J connectivity index is 1.29. The standard InChI is InChI=1S/C30H35N7O3/c1-20-26(17-22-8-5-4-6-9-22)29(37-30(33-20)31-19-32-37)36-14-12-24(13-15-36)35-28(39)27(34-21(2)38)18-23-10-7-11-25(16-23)40-3/h4-11,16,19,24,27H,12-15,17-18H2,1-3H3,(H,34,38)(H,35,39)/t27-/m1/s1. The molecule has 1 saturated heterocycles. The van der Waals surface area contributed by atoms with E-state index < -0.39 is 6.04 Å². The van der Waals surface area contributed by atoms with Crippen LogP contribution in [-0.4, -0.2) is 63.7 Å². The highest BCUT2D eigenvalue weighted by Gasteiger charge is 2.28. The van der Waals surface area contributed by atoms with Crippen LogP contribution < -0.4 is 20.3 Å². The molecule has 2 aromatic heterocycles. The molecule has 1 aliphatic rings. The van der Waals surface area contributed by atoms with E-state index in [4.69, 9.17) is 9.72 Å². The minimum atomic E-state index is -0.669. The van der Waals surface area contributed by atoms with Gasteiger partial charge in [-0.25, -0.2) is 4.98 Å². The molecule has 1 atom stereocenters. The molecule has 0 unspecified atom stereocenters. The van der Waals surface area contributed by atoms with E-state index in [-0.39, 0.29) is 17.9 Å². The zero-order valence-electron chi connectivity index (χ0n) is 23.1. The molecule has 5 rings (SSSR count). The molecule has 0 aliphatic carbocycles. The summed E-state index contributed by atoms with van der Waals surface area (Å²) in [5, 5.41) is 10.5. The molecule has 0 saturated carbocycles. The topological polar surface area (TPSA) is 114 Å². The molecular weight excluding hydrogens is 506 g/mol. The van der Waals surface area contributed by atoms with E-state index in [0.29, 0.717) is 17.9 Å². The number of hydrogen-bond donors (Lipinski definition) is 2. The first-order valence-corrected chi connectivity index (χ1v) is 13.6. The van der Waals surface area contributed by atoms with Gasteiger partial charge in [0.05, 0.1) is 7.11 Å². The van der Waals surface area contributed by atoms with Crippen LogP contribution in [0.3, 0.4) is 0 Å². The van der Waals surface area contributed by atoms with Gasteiger partial charge in [0.1, 0.15) is 23.9 Å². The number of piperidine rings is 1. The number of hydrogen-bond acceptors (Lipinski definition) is 7. The van der Waals surface area contributed by atoms with Crippen molar-refractivity contribution >= 4 is 23.4 Å². The Morgan fingerprint density at radius 1 is 1.07 bits per heavy atom. The zero-order chi connectivity index (χ0) is 28.1. The van der Waals surface area contributed by atoms with E-state index in [1.54, 1.807) is 7.11 Å². The molecule has 10 nitrogen and oxygen atoms in total. The molecule has 0 spiro atoms. The highest BCUT2D eigenvalue weighted by Crippen LogP contribution is 2.28. The Morgan fingerprint density at radius 2 is 1.82 bits per heavy atom. The fraction of sp³-hybridized carbons (Fsp3) is 0.367. The van der Waals surface area contributed by atoms with Crippen LogP contribution in [0.15, 0.2) is 60.9 Å². The van der Waals surface area contributed by atoms with Crippen molar-refractivity contribution < 1.29 is 14.3 Å². The van der Waals surface area contributed by atoms with E-state index in [1.807, 2.05) is 53.9 Å². The second-order valence-electron chi connectivity index (χ2n) is 10.2. The number of carbonyl (C=O) groups excluding carboxylic acids is 2. The average Bonchev–Trinajstić information content (AvgIpc) is 3.42. The van der Waals surface area contributed by atoms with Crippen LogP contribution >= 0.6 is 0 Å². The normalized spacial score (nSPS) is 14.6. The van der Waals surface area contributed by atoms with E-state index in [0.717, 1.165) is 55.0 Å². The lowest BCUT2D eigenvalue weighted by Gasteiger charge is -2.35. The summed E-state index contributed by atoms with van der Waals surface area (Å²) < 4.78 is 7.13. The number of ether oxygens (including phenoxy) is 1. The van der Waals surface area contributed by atoms with Gasteiger partial charge in [-0.1, -0.05) is 42.5 Å². The van der Waals surface area contributed by atoms with Crippen LogP contribution in [0.5, 0.6) is 5.75 Å². The van der Waals surface area contributed by atoms with E-state index >= 15 is 0 Å². The average molecular weight is 542 g/mol. The van der Waals surface area contributed by atoms with Crippen LogP contribution in [-0.2, 0) is 22.4 Å². The Bertz CT molecular complexity index is 1480. The number of benzene rings is 2. The quantitative estimate of drug-likeness (QED) is 0.335. The van der Waals surface area contributed by atoms with Gasteiger partial charge in [0.25, 0.3) is 5.78 Å². The maximum atomic E-state index is 13.3.